The van der Waals surface area contributed by atoms with E-state index in [0.29, 0.717) is 0 Å². The van der Waals surface area contributed by atoms with E-state index in [-0.39, 0.29) is 23.2 Å². The summed E-state index contributed by atoms with van der Waals surface area (Å²) in [6.07, 6.45) is 2.41. The van der Waals surface area contributed by atoms with E-state index in [9.17, 15) is 9.59 Å². The molecule has 1 aromatic carbocycles. The maximum absolute atomic E-state index is 12.4. The molecule has 94 valence electrons. The molecule has 18 heavy (non-hydrogen) atoms. The summed E-state index contributed by atoms with van der Waals surface area (Å²) >= 11 is 0. The number of ketones is 1. The van der Waals surface area contributed by atoms with Gasteiger partial charge in [-0.1, -0.05) is 43.3 Å². The van der Waals surface area contributed by atoms with Gasteiger partial charge in [0.05, 0.1) is 18.6 Å². The molecule has 0 saturated heterocycles. The first-order valence-corrected chi connectivity index (χ1v) is 6.02. The van der Waals surface area contributed by atoms with Gasteiger partial charge in [-0.05, 0) is 17.9 Å². The molecule has 2 rings (SSSR count). The van der Waals surface area contributed by atoms with Crippen LogP contribution in [0.1, 0.15) is 24.8 Å². The van der Waals surface area contributed by atoms with E-state index in [1.165, 1.54) is 7.11 Å². The van der Waals surface area contributed by atoms with Crippen LogP contribution in [0.25, 0.3) is 0 Å². The maximum Gasteiger partial charge on any atom is 0.341 e. The average molecular weight is 244 g/mol. The van der Waals surface area contributed by atoms with Gasteiger partial charge in [0.2, 0.25) is 0 Å². The number of hydrogen-bond acceptors (Lipinski definition) is 3. The Balaban J connectivity index is 2.35. The van der Waals surface area contributed by atoms with Crippen molar-refractivity contribution in [1.82, 2.24) is 0 Å². The van der Waals surface area contributed by atoms with Crippen molar-refractivity contribution in [2.24, 2.45) is 5.92 Å². The molecule has 0 aromatic heterocycles. The first-order valence-electron chi connectivity index (χ1n) is 6.02. The van der Waals surface area contributed by atoms with Crippen LogP contribution in [0.15, 0.2) is 42.0 Å². The Morgan fingerprint density at radius 2 is 1.94 bits per heavy atom. The number of hydrogen-bond donors (Lipinski definition) is 0. The lowest BCUT2D eigenvalue weighted by atomic mass is 9.76. The normalized spacial score (nSPS) is 23.4. The van der Waals surface area contributed by atoms with Gasteiger partial charge in [0.25, 0.3) is 0 Å². The summed E-state index contributed by atoms with van der Waals surface area (Å²) < 4.78 is 4.65. The van der Waals surface area contributed by atoms with Gasteiger partial charge in [-0.25, -0.2) is 4.79 Å². The van der Waals surface area contributed by atoms with Crippen molar-refractivity contribution in [2.45, 2.75) is 19.3 Å². The molecule has 2 atom stereocenters. The van der Waals surface area contributed by atoms with E-state index in [0.717, 1.165) is 12.0 Å². The standard InChI is InChI=1S/C15H16O3/c1-10-8-9-12(15(17)18-2)14(16)13(10)11-6-4-3-5-7-11/h3-7,9-10,13H,8H2,1-2H3/t10-,13+/m1/s1. The summed E-state index contributed by atoms with van der Waals surface area (Å²) in [7, 11) is 1.30. The highest BCUT2D eigenvalue weighted by atomic mass is 16.5. The lowest BCUT2D eigenvalue weighted by Crippen LogP contribution is -2.29. The summed E-state index contributed by atoms with van der Waals surface area (Å²) in [6.45, 7) is 2.03. The Morgan fingerprint density at radius 1 is 1.28 bits per heavy atom. The van der Waals surface area contributed by atoms with Gasteiger partial charge in [-0.15, -0.1) is 0 Å². The van der Waals surface area contributed by atoms with E-state index in [1.54, 1.807) is 6.08 Å². The largest absolute Gasteiger partial charge is 0.465 e. The number of carbonyl (C=O) groups excluding carboxylic acids is 2. The van der Waals surface area contributed by atoms with Crippen LogP contribution < -0.4 is 0 Å². The number of methoxy groups -OCH3 is 1. The Kier molecular flexibility index (Phi) is 3.60. The van der Waals surface area contributed by atoms with Crippen molar-refractivity contribution in [1.29, 1.82) is 0 Å². The van der Waals surface area contributed by atoms with Crippen LogP contribution in [-0.2, 0) is 14.3 Å². The van der Waals surface area contributed by atoms with E-state index in [1.807, 2.05) is 37.3 Å². The number of allylic oxidation sites excluding steroid dienone is 1. The third kappa shape index (κ3) is 2.21. The zero-order chi connectivity index (χ0) is 13.1. The summed E-state index contributed by atoms with van der Waals surface area (Å²) in [6, 6.07) is 9.59. The molecule has 1 aliphatic rings. The molecule has 0 radical (unpaired) electrons. The van der Waals surface area contributed by atoms with Gasteiger partial charge >= 0.3 is 5.97 Å². The minimum Gasteiger partial charge on any atom is -0.465 e. The molecule has 0 amide bonds. The highest BCUT2D eigenvalue weighted by Crippen LogP contribution is 2.34. The zero-order valence-electron chi connectivity index (χ0n) is 10.6. The Morgan fingerprint density at radius 3 is 2.56 bits per heavy atom. The highest BCUT2D eigenvalue weighted by molar-refractivity contribution is 6.20. The smallest absolute Gasteiger partial charge is 0.341 e. The first kappa shape index (κ1) is 12.6. The van der Waals surface area contributed by atoms with Gasteiger partial charge in [0.1, 0.15) is 0 Å². The SMILES string of the molecule is COC(=O)C1=CC[C@@H](C)[C@@H](c2ccccc2)C1=O. The van der Waals surface area contributed by atoms with Crippen LogP contribution in [0, 0.1) is 5.92 Å². The van der Waals surface area contributed by atoms with E-state index >= 15 is 0 Å². The van der Waals surface area contributed by atoms with Crippen LogP contribution in [-0.4, -0.2) is 18.9 Å². The molecule has 3 nitrogen and oxygen atoms in total. The molecular weight excluding hydrogens is 228 g/mol. The van der Waals surface area contributed by atoms with Gasteiger partial charge < -0.3 is 4.74 Å². The fourth-order valence-corrected chi connectivity index (χ4v) is 2.40. The second-order valence-corrected chi connectivity index (χ2v) is 4.57. The molecule has 1 aliphatic carbocycles. The van der Waals surface area contributed by atoms with Crippen molar-refractivity contribution >= 4 is 11.8 Å². The van der Waals surface area contributed by atoms with E-state index in [4.69, 9.17) is 0 Å². The Labute approximate surface area is 106 Å². The minimum atomic E-state index is -0.534. The van der Waals surface area contributed by atoms with E-state index < -0.39 is 5.97 Å². The fraction of sp³-hybridized carbons (Fsp3) is 0.333. The molecule has 0 N–H and O–H groups in total. The maximum atomic E-state index is 12.4. The molecule has 0 saturated carbocycles. The summed E-state index contributed by atoms with van der Waals surface area (Å²) in [5, 5.41) is 0. The van der Waals surface area contributed by atoms with Crippen LogP contribution in [0.4, 0.5) is 0 Å². The van der Waals surface area contributed by atoms with Gasteiger partial charge in [0.15, 0.2) is 5.78 Å². The summed E-state index contributed by atoms with van der Waals surface area (Å²) in [5.74, 6) is -0.710. The quantitative estimate of drug-likeness (QED) is 0.593. The predicted octanol–water partition coefficient (Wildman–Crippen LogP) is 2.48. The van der Waals surface area contributed by atoms with Crippen molar-refractivity contribution in [3.05, 3.63) is 47.5 Å². The van der Waals surface area contributed by atoms with Crippen LogP contribution >= 0.6 is 0 Å². The van der Waals surface area contributed by atoms with Crippen molar-refractivity contribution in [3.63, 3.8) is 0 Å². The van der Waals surface area contributed by atoms with Crippen molar-refractivity contribution in [2.75, 3.05) is 7.11 Å². The lowest BCUT2D eigenvalue weighted by molar-refractivity contribution is -0.138. The monoisotopic (exact) mass is 244 g/mol. The zero-order valence-corrected chi connectivity index (χ0v) is 10.6. The third-order valence-electron chi connectivity index (χ3n) is 3.37. The molecule has 0 fully saturated rings. The molecule has 0 aliphatic heterocycles. The summed E-state index contributed by atoms with van der Waals surface area (Å²) in [4.78, 5) is 23.9. The third-order valence-corrected chi connectivity index (χ3v) is 3.37. The average Bonchev–Trinajstić information content (AvgIpc) is 2.39. The molecule has 0 bridgehead atoms. The fourth-order valence-electron chi connectivity index (χ4n) is 2.40. The number of carbonyl (C=O) groups is 2. The highest BCUT2D eigenvalue weighted by Gasteiger charge is 2.35. The second-order valence-electron chi connectivity index (χ2n) is 4.57. The van der Waals surface area contributed by atoms with Gasteiger partial charge in [-0.3, -0.25) is 4.79 Å². The number of ether oxygens (including phenoxy) is 1. The van der Waals surface area contributed by atoms with Gasteiger partial charge in [0, 0.05) is 0 Å². The van der Waals surface area contributed by atoms with Gasteiger partial charge in [-0.2, -0.15) is 0 Å². The molecule has 1 aromatic rings. The summed E-state index contributed by atoms with van der Waals surface area (Å²) in [5.41, 5.74) is 1.15. The number of esters is 1. The number of rotatable bonds is 2. The van der Waals surface area contributed by atoms with Crippen molar-refractivity contribution in [3.8, 4) is 0 Å². The first-order chi connectivity index (χ1) is 8.65. The second kappa shape index (κ2) is 5.17. The molecular formula is C15H16O3. The molecule has 0 spiro atoms. The van der Waals surface area contributed by atoms with Crippen LogP contribution in [0.3, 0.4) is 0 Å². The number of benzene rings is 1. The Hall–Kier alpha value is -1.90. The van der Waals surface area contributed by atoms with Crippen LogP contribution in [0.2, 0.25) is 0 Å². The minimum absolute atomic E-state index is 0.133. The predicted molar refractivity (Wildman–Crippen MR) is 68.1 cm³/mol. The molecule has 0 heterocycles. The van der Waals surface area contributed by atoms with Crippen LogP contribution in [0.5, 0.6) is 0 Å². The lowest BCUT2D eigenvalue weighted by Gasteiger charge is -2.26. The Bertz CT molecular complexity index is 488. The topological polar surface area (TPSA) is 43.4 Å². The molecule has 3 heteroatoms. The van der Waals surface area contributed by atoms with E-state index in [2.05, 4.69) is 4.74 Å². The van der Waals surface area contributed by atoms with Crippen molar-refractivity contribution < 1.29 is 14.3 Å². The molecule has 0 unspecified atom stereocenters. The number of Topliss-reactive ketones (excluding diaryl/α,β-unsaturated/α-hetero) is 1.